The average molecular weight is 413 g/mol. The van der Waals surface area contributed by atoms with E-state index in [4.69, 9.17) is 19.9 Å². The molecule has 0 aliphatic rings. The van der Waals surface area contributed by atoms with Gasteiger partial charge in [0.05, 0.1) is 20.6 Å². The van der Waals surface area contributed by atoms with Crippen molar-refractivity contribution >= 4 is 45.0 Å². The second-order valence-electron chi connectivity index (χ2n) is 6.15. The number of anilines is 1. The van der Waals surface area contributed by atoms with Crippen molar-refractivity contribution in [3.63, 3.8) is 0 Å². The number of hydrogen-bond acceptors (Lipinski definition) is 8. The molecule has 150 valence electrons. The highest BCUT2D eigenvalue weighted by Gasteiger charge is 2.28. The summed E-state index contributed by atoms with van der Waals surface area (Å²) in [5.74, 6) is -1.89. The highest BCUT2D eigenvalue weighted by molar-refractivity contribution is 7.18. The van der Waals surface area contributed by atoms with E-state index in [1.54, 1.807) is 0 Å². The lowest BCUT2D eigenvalue weighted by atomic mass is 10.1. The molecule has 0 radical (unpaired) electrons. The predicted octanol–water partition coefficient (Wildman–Crippen LogP) is 3.34. The van der Waals surface area contributed by atoms with Gasteiger partial charge in [-0.1, -0.05) is 42.5 Å². The molecule has 0 unspecified atom stereocenters. The van der Waals surface area contributed by atoms with Gasteiger partial charge < -0.3 is 19.9 Å². The number of carbonyl (C=O) groups is 3. The Balaban J connectivity index is 1.78. The van der Waals surface area contributed by atoms with E-state index in [0.29, 0.717) is 0 Å². The van der Waals surface area contributed by atoms with E-state index in [0.717, 1.165) is 27.7 Å². The molecule has 2 N–H and O–H groups in total. The third kappa shape index (κ3) is 4.38. The van der Waals surface area contributed by atoms with Crippen LogP contribution in [0, 0.1) is 0 Å². The van der Waals surface area contributed by atoms with E-state index in [1.165, 1.54) is 14.2 Å². The molecule has 1 aromatic heterocycles. The number of nitrogens with two attached hydrogens (primary N) is 1. The first kappa shape index (κ1) is 20.3. The van der Waals surface area contributed by atoms with Crippen molar-refractivity contribution in [2.45, 2.75) is 13.0 Å². The molecule has 3 aromatic rings. The third-order valence-corrected chi connectivity index (χ3v) is 5.38. The van der Waals surface area contributed by atoms with E-state index in [-0.39, 0.29) is 34.0 Å². The molecule has 0 atom stereocenters. The number of methoxy groups -OCH3 is 2. The van der Waals surface area contributed by atoms with E-state index in [9.17, 15) is 14.4 Å². The van der Waals surface area contributed by atoms with Crippen LogP contribution in [0.25, 0.3) is 10.8 Å². The maximum Gasteiger partial charge on any atom is 0.348 e. The van der Waals surface area contributed by atoms with Crippen molar-refractivity contribution < 1.29 is 28.6 Å². The van der Waals surface area contributed by atoms with Crippen LogP contribution in [0.3, 0.4) is 0 Å². The molecule has 1 heterocycles. The molecule has 7 nitrogen and oxygen atoms in total. The lowest BCUT2D eigenvalue weighted by Crippen LogP contribution is -2.13. The quantitative estimate of drug-likeness (QED) is 0.488. The first-order chi connectivity index (χ1) is 13.9. The van der Waals surface area contributed by atoms with Gasteiger partial charge in [0.25, 0.3) is 0 Å². The minimum Gasteiger partial charge on any atom is -0.465 e. The topological polar surface area (TPSA) is 105 Å². The van der Waals surface area contributed by atoms with Gasteiger partial charge in [0.2, 0.25) is 0 Å². The van der Waals surface area contributed by atoms with Crippen LogP contribution in [0.2, 0.25) is 0 Å². The van der Waals surface area contributed by atoms with Crippen LogP contribution in [0.4, 0.5) is 5.00 Å². The number of carbonyl (C=O) groups excluding carboxylic acids is 3. The van der Waals surface area contributed by atoms with Crippen molar-refractivity contribution in [1.29, 1.82) is 0 Å². The molecule has 0 fully saturated rings. The maximum atomic E-state index is 12.3. The van der Waals surface area contributed by atoms with Crippen LogP contribution in [0.1, 0.15) is 31.2 Å². The monoisotopic (exact) mass is 413 g/mol. The SMILES string of the molecule is COC(=O)c1sc(N)c(C(=O)OC)c1COC(=O)Cc1ccc2ccccc2c1. The van der Waals surface area contributed by atoms with Gasteiger partial charge in [0.15, 0.2) is 0 Å². The average Bonchev–Trinajstić information content (AvgIpc) is 3.07. The van der Waals surface area contributed by atoms with Gasteiger partial charge in [-0.05, 0) is 16.3 Å². The molecular weight excluding hydrogens is 394 g/mol. The molecular formula is C21H19NO6S. The van der Waals surface area contributed by atoms with E-state index < -0.39 is 17.9 Å². The smallest absolute Gasteiger partial charge is 0.348 e. The van der Waals surface area contributed by atoms with Gasteiger partial charge in [0, 0.05) is 5.56 Å². The number of hydrogen-bond donors (Lipinski definition) is 1. The number of nitrogen functional groups attached to an aromatic ring is 1. The number of ether oxygens (including phenoxy) is 3. The summed E-state index contributed by atoms with van der Waals surface area (Å²) in [7, 11) is 2.42. The van der Waals surface area contributed by atoms with Gasteiger partial charge in [-0.15, -0.1) is 11.3 Å². The minimum atomic E-state index is -0.713. The van der Waals surface area contributed by atoms with Gasteiger partial charge >= 0.3 is 17.9 Å². The Hall–Kier alpha value is -3.39. The minimum absolute atomic E-state index is 0.0106. The zero-order valence-corrected chi connectivity index (χ0v) is 16.7. The van der Waals surface area contributed by atoms with Crippen LogP contribution in [-0.2, 0) is 32.0 Å². The Bertz CT molecular complexity index is 1090. The van der Waals surface area contributed by atoms with E-state index in [2.05, 4.69) is 0 Å². The normalized spacial score (nSPS) is 10.6. The van der Waals surface area contributed by atoms with Crippen molar-refractivity contribution in [3.8, 4) is 0 Å². The second-order valence-corrected chi connectivity index (χ2v) is 7.20. The van der Waals surface area contributed by atoms with Crippen LogP contribution in [-0.4, -0.2) is 32.1 Å². The summed E-state index contributed by atoms with van der Waals surface area (Å²) < 4.78 is 14.8. The molecule has 0 spiro atoms. The Morgan fingerprint density at radius 3 is 2.34 bits per heavy atom. The molecule has 8 heteroatoms. The standard InChI is InChI=1S/C21H19NO6S/c1-26-20(24)17-15(18(21(25)27-2)29-19(17)22)11-28-16(23)10-12-7-8-13-5-3-4-6-14(13)9-12/h3-9H,10-11,22H2,1-2H3. The number of rotatable bonds is 6. The summed E-state index contributed by atoms with van der Waals surface area (Å²) in [6.45, 7) is -0.297. The van der Waals surface area contributed by atoms with Crippen molar-refractivity contribution in [2.24, 2.45) is 0 Å². The van der Waals surface area contributed by atoms with E-state index >= 15 is 0 Å². The van der Waals surface area contributed by atoms with E-state index in [1.807, 2.05) is 42.5 Å². The summed E-state index contributed by atoms with van der Waals surface area (Å²) in [5, 5.41) is 2.19. The molecule has 0 amide bonds. The van der Waals surface area contributed by atoms with Crippen LogP contribution in [0.15, 0.2) is 42.5 Å². The lowest BCUT2D eigenvalue weighted by Gasteiger charge is -2.08. The molecule has 3 rings (SSSR count). The lowest BCUT2D eigenvalue weighted by molar-refractivity contribution is -0.144. The summed E-state index contributed by atoms with van der Waals surface area (Å²) >= 11 is 0.886. The second kappa shape index (κ2) is 8.74. The van der Waals surface area contributed by atoms with Crippen molar-refractivity contribution in [2.75, 3.05) is 20.0 Å². The number of fused-ring (bicyclic) bond motifs is 1. The fourth-order valence-corrected chi connectivity index (χ4v) is 3.90. The molecule has 29 heavy (non-hydrogen) atoms. The molecule has 0 aliphatic heterocycles. The Morgan fingerprint density at radius 1 is 0.966 bits per heavy atom. The fraction of sp³-hybridized carbons (Fsp3) is 0.190. The fourth-order valence-electron chi connectivity index (χ4n) is 2.93. The Kier molecular flexibility index (Phi) is 6.13. The van der Waals surface area contributed by atoms with Crippen molar-refractivity contribution in [3.05, 3.63) is 64.0 Å². The number of esters is 3. The molecule has 0 aliphatic carbocycles. The summed E-state index contributed by atoms with van der Waals surface area (Å²) in [6, 6.07) is 13.5. The number of thiophene rings is 1. The predicted molar refractivity (Wildman–Crippen MR) is 109 cm³/mol. The highest BCUT2D eigenvalue weighted by Crippen LogP contribution is 2.33. The molecule has 0 bridgehead atoms. The molecule has 0 saturated carbocycles. The highest BCUT2D eigenvalue weighted by atomic mass is 32.1. The van der Waals surface area contributed by atoms with Crippen molar-refractivity contribution in [1.82, 2.24) is 0 Å². The van der Waals surface area contributed by atoms with Gasteiger partial charge in [-0.3, -0.25) is 4.79 Å². The zero-order chi connectivity index (χ0) is 21.0. The Morgan fingerprint density at radius 2 is 1.66 bits per heavy atom. The first-order valence-corrected chi connectivity index (χ1v) is 9.47. The third-order valence-electron chi connectivity index (χ3n) is 4.33. The van der Waals surface area contributed by atoms with Gasteiger partial charge in [0.1, 0.15) is 22.0 Å². The maximum absolute atomic E-state index is 12.3. The summed E-state index contributed by atoms with van der Waals surface area (Å²) in [4.78, 5) is 36.5. The van der Waals surface area contributed by atoms with Crippen LogP contribution < -0.4 is 5.73 Å². The van der Waals surface area contributed by atoms with Gasteiger partial charge in [-0.25, -0.2) is 9.59 Å². The Labute approximate surface area is 171 Å². The van der Waals surface area contributed by atoms with Gasteiger partial charge in [-0.2, -0.15) is 0 Å². The zero-order valence-electron chi connectivity index (χ0n) is 15.9. The first-order valence-electron chi connectivity index (χ1n) is 8.65. The van der Waals surface area contributed by atoms with Crippen LogP contribution in [0.5, 0.6) is 0 Å². The molecule has 0 saturated heterocycles. The summed E-state index contributed by atoms with van der Waals surface area (Å²) in [5.41, 5.74) is 6.84. The molecule has 2 aromatic carbocycles. The largest absolute Gasteiger partial charge is 0.465 e. The number of benzene rings is 2. The summed E-state index contributed by atoms with van der Waals surface area (Å²) in [6.07, 6.45) is 0.0472. The van der Waals surface area contributed by atoms with Crippen LogP contribution >= 0.6 is 11.3 Å².